The van der Waals surface area contributed by atoms with Crippen molar-refractivity contribution in [3.8, 4) is 0 Å². The molecule has 1 unspecified atom stereocenters. The number of hydrogen-bond donors (Lipinski definition) is 1. The molecule has 0 fully saturated rings. The van der Waals surface area contributed by atoms with Gasteiger partial charge < -0.3 is 5.73 Å². The Labute approximate surface area is 114 Å². The van der Waals surface area contributed by atoms with Crippen molar-refractivity contribution < 1.29 is 8.42 Å². The van der Waals surface area contributed by atoms with Crippen LogP contribution >= 0.6 is 0 Å². The van der Waals surface area contributed by atoms with Gasteiger partial charge in [-0.05, 0) is 43.2 Å². The summed E-state index contributed by atoms with van der Waals surface area (Å²) >= 11 is 0. The predicted molar refractivity (Wildman–Crippen MR) is 77.6 cm³/mol. The molecule has 0 aliphatic rings. The first-order valence-corrected chi connectivity index (χ1v) is 7.62. The molecule has 0 saturated heterocycles. The summed E-state index contributed by atoms with van der Waals surface area (Å²) in [7, 11) is -3.39. The molecule has 0 spiro atoms. The van der Waals surface area contributed by atoms with Gasteiger partial charge in [-0.15, -0.1) is 0 Å². The Kier molecular flexibility index (Phi) is 3.62. The monoisotopic (exact) mass is 275 g/mol. The smallest absolute Gasteiger partial charge is 0.185 e. The zero-order valence-electron chi connectivity index (χ0n) is 11.0. The third kappa shape index (κ3) is 2.63. The minimum Gasteiger partial charge on any atom is -0.399 e. The molecule has 2 N–H and O–H groups in total. The topological polar surface area (TPSA) is 60.2 Å². The highest BCUT2D eigenvalue weighted by atomic mass is 32.2. The molecule has 2 rings (SSSR count). The van der Waals surface area contributed by atoms with Crippen molar-refractivity contribution in [2.75, 3.05) is 5.73 Å². The second-order valence-electron chi connectivity index (χ2n) is 4.62. The molecule has 2 aromatic carbocycles. The number of sulfone groups is 1. The van der Waals surface area contributed by atoms with Gasteiger partial charge in [0.05, 0.1) is 10.1 Å². The molecule has 3 nitrogen and oxygen atoms in total. The molecular formula is C15H17NO2S. The van der Waals surface area contributed by atoms with Crippen LogP contribution in [0.3, 0.4) is 0 Å². The lowest BCUT2D eigenvalue weighted by atomic mass is 10.2. The van der Waals surface area contributed by atoms with Crippen LogP contribution in [0.1, 0.15) is 23.3 Å². The summed E-state index contributed by atoms with van der Waals surface area (Å²) in [6, 6.07) is 14.0. The Bertz CT molecular complexity index is 679. The van der Waals surface area contributed by atoms with Gasteiger partial charge in [-0.3, -0.25) is 0 Å². The van der Waals surface area contributed by atoms with E-state index in [1.165, 1.54) is 0 Å². The minimum atomic E-state index is -3.39. The number of aryl methyl sites for hydroxylation is 1. The maximum atomic E-state index is 12.6. The molecule has 2 aromatic rings. The van der Waals surface area contributed by atoms with Gasteiger partial charge in [-0.25, -0.2) is 8.42 Å². The van der Waals surface area contributed by atoms with Crippen LogP contribution in [0.25, 0.3) is 0 Å². The molecule has 0 aliphatic carbocycles. The highest BCUT2D eigenvalue weighted by molar-refractivity contribution is 7.91. The van der Waals surface area contributed by atoms with E-state index >= 15 is 0 Å². The molecule has 0 aliphatic heterocycles. The maximum absolute atomic E-state index is 12.6. The van der Waals surface area contributed by atoms with Crippen molar-refractivity contribution in [2.45, 2.75) is 24.0 Å². The largest absolute Gasteiger partial charge is 0.399 e. The number of benzene rings is 2. The standard InChI is InChI=1S/C15H17NO2S/c1-11-10-14(8-9-15(11)16)19(17,18)12(2)13-6-4-3-5-7-13/h3-10,12H,16H2,1-2H3. The van der Waals surface area contributed by atoms with Crippen LogP contribution in [0.15, 0.2) is 53.4 Å². The van der Waals surface area contributed by atoms with Crippen molar-refractivity contribution in [1.82, 2.24) is 0 Å². The second-order valence-corrected chi connectivity index (χ2v) is 6.88. The van der Waals surface area contributed by atoms with Gasteiger partial charge in [0.1, 0.15) is 0 Å². The normalized spacial score (nSPS) is 13.2. The SMILES string of the molecule is Cc1cc(S(=O)(=O)C(C)c2ccccc2)ccc1N. The van der Waals surface area contributed by atoms with E-state index in [9.17, 15) is 8.42 Å². The Balaban J connectivity index is 2.45. The quantitative estimate of drug-likeness (QED) is 0.875. The molecule has 0 amide bonds. The van der Waals surface area contributed by atoms with E-state index in [1.54, 1.807) is 25.1 Å². The third-order valence-electron chi connectivity index (χ3n) is 3.30. The molecule has 0 radical (unpaired) electrons. The summed E-state index contributed by atoms with van der Waals surface area (Å²) in [4.78, 5) is 0.315. The van der Waals surface area contributed by atoms with Gasteiger partial charge >= 0.3 is 0 Å². The van der Waals surface area contributed by atoms with Gasteiger partial charge in [-0.1, -0.05) is 30.3 Å². The van der Waals surface area contributed by atoms with Crippen LogP contribution in [-0.4, -0.2) is 8.42 Å². The predicted octanol–water partition coefficient (Wildman–Crippen LogP) is 3.11. The van der Waals surface area contributed by atoms with E-state index in [2.05, 4.69) is 0 Å². The molecule has 0 saturated carbocycles. The second kappa shape index (κ2) is 5.05. The van der Waals surface area contributed by atoms with Crippen molar-refractivity contribution in [2.24, 2.45) is 0 Å². The Morgan fingerprint density at radius 1 is 1.05 bits per heavy atom. The van der Waals surface area contributed by atoms with Crippen molar-refractivity contribution in [1.29, 1.82) is 0 Å². The lowest BCUT2D eigenvalue weighted by Crippen LogP contribution is -2.11. The Hall–Kier alpha value is -1.81. The minimum absolute atomic E-state index is 0.315. The zero-order valence-corrected chi connectivity index (χ0v) is 11.8. The Morgan fingerprint density at radius 2 is 1.68 bits per heavy atom. The molecular weight excluding hydrogens is 258 g/mol. The molecule has 0 heterocycles. The van der Waals surface area contributed by atoms with Gasteiger partial charge in [0.25, 0.3) is 0 Å². The van der Waals surface area contributed by atoms with Crippen LogP contribution in [0.4, 0.5) is 5.69 Å². The van der Waals surface area contributed by atoms with Crippen LogP contribution < -0.4 is 5.73 Å². The molecule has 0 aromatic heterocycles. The third-order valence-corrected chi connectivity index (χ3v) is 5.42. The molecule has 1 atom stereocenters. The summed E-state index contributed by atoms with van der Waals surface area (Å²) < 4.78 is 25.1. The van der Waals surface area contributed by atoms with Crippen molar-refractivity contribution in [3.63, 3.8) is 0 Å². The summed E-state index contributed by atoms with van der Waals surface area (Å²) in [5.74, 6) is 0. The highest BCUT2D eigenvalue weighted by Crippen LogP contribution is 2.29. The number of anilines is 1. The van der Waals surface area contributed by atoms with Crippen LogP contribution in [-0.2, 0) is 9.84 Å². The van der Waals surface area contributed by atoms with Crippen molar-refractivity contribution >= 4 is 15.5 Å². The molecule has 4 heteroatoms. The van der Waals surface area contributed by atoms with E-state index < -0.39 is 15.1 Å². The first kappa shape index (κ1) is 13.6. The first-order chi connectivity index (χ1) is 8.93. The van der Waals surface area contributed by atoms with Gasteiger partial charge in [-0.2, -0.15) is 0 Å². The average Bonchev–Trinajstić information content (AvgIpc) is 2.41. The van der Waals surface area contributed by atoms with E-state index in [0.29, 0.717) is 10.6 Å². The van der Waals surface area contributed by atoms with Crippen LogP contribution in [0.2, 0.25) is 0 Å². The Morgan fingerprint density at radius 3 is 2.26 bits per heavy atom. The zero-order chi connectivity index (χ0) is 14.0. The van der Waals surface area contributed by atoms with E-state index in [-0.39, 0.29) is 0 Å². The van der Waals surface area contributed by atoms with Gasteiger partial charge in [0, 0.05) is 5.69 Å². The molecule has 0 bridgehead atoms. The fourth-order valence-corrected chi connectivity index (χ4v) is 3.45. The van der Waals surface area contributed by atoms with Gasteiger partial charge in [0.15, 0.2) is 9.84 Å². The highest BCUT2D eigenvalue weighted by Gasteiger charge is 2.24. The summed E-state index contributed by atoms with van der Waals surface area (Å²) in [5.41, 5.74) is 7.90. The summed E-state index contributed by atoms with van der Waals surface area (Å²) in [5, 5.41) is -0.572. The molecule has 100 valence electrons. The van der Waals surface area contributed by atoms with E-state index in [4.69, 9.17) is 5.73 Å². The van der Waals surface area contributed by atoms with Crippen LogP contribution in [0.5, 0.6) is 0 Å². The van der Waals surface area contributed by atoms with Crippen LogP contribution in [0, 0.1) is 6.92 Å². The first-order valence-electron chi connectivity index (χ1n) is 6.08. The number of hydrogen-bond acceptors (Lipinski definition) is 3. The number of nitrogens with two attached hydrogens (primary N) is 1. The van der Waals surface area contributed by atoms with Gasteiger partial charge in [0.2, 0.25) is 0 Å². The average molecular weight is 275 g/mol. The lowest BCUT2D eigenvalue weighted by molar-refractivity contribution is 0.586. The number of rotatable bonds is 3. The lowest BCUT2D eigenvalue weighted by Gasteiger charge is -2.14. The van der Waals surface area contributed by atoms with E-state index in [0.717, 1.165) is 11.1 Å². The van der Waals surface area contributed by atoms with Crippen molar-refractivity contribution in [3.05, 3.63) is 59.7 Å². The summed E-state index contributed by atoms with van der Waals surface area (Å²) in [6.07, 6.45) is 0. The summed E-state index contributed by atoms with van der Waals surface area (Å²) in [6.45, 7) is 3.51. The van der Waals surface area contributed by atoms with E-state index in [1.807, 2.05) is 37.3 Å². The fraction of sp³-hybridized carbons (Fsp3) is 0.200. The number of nitrogen functional groups attached to an aromatic ring is 1. The maximum Gasteiger partial charge on any atom is 0.185 e. The molecule has 19 heavy (non-hydrogen) atoms. The fourth-order valence-electron chi connectivity index (χ4n) is 1.93.